The summed E-state index contributed by atoms with van der Waals surface area (Å²) in [5.74, 6) is 1.11. The molecule has 0 bridgehead atoms. The molecule has 0 aliphatic carbocycles. The van der Waals surface area contributed by atoms with Crippen molar-refractivity contribution in [2.45, 2.75) is 17.9 Å². The van der Waals surface area contributed by atoms with E-state index < -0.39 is 16.1 Å². The van der Waals surface area contributed by atoms with E-state index in [1.807, 2.05) is 0 Å². The van der Waals surface area contributed by atoms with E-state index in [4.69, 9.17) is 18.9 Å². The van der Waals surface area contributed by atoms with E-state index in [-0.39, 0.29) is 16.4 Å². The number of amides is 1. The SMILES string of the molecule is COc1ccc(OC)c([C@H](C)NS(=O)(=O)c2ccc(OC)c(C(=O)N3CCOCC3)c2)c1. The van der Waals surface area contributed by atoms with Gasteiger partial charge < -0.3 is 23.8 Å². The molecule has 10 heteroatoms. The lowest BCUT2D eigenvalue weighted by Gasteiger charge is -2.27. The smallest absolute Gasteiger partial charge is 0.257 e. The van der Waals surface area contributed by atoms with E-state index in [0.29, 0.717) is 49.1 Å². The number of hydrogen-bond donors (Lipinski definition) is 1. The topological polar surface area (TPSA) is 103 Å². The second kappa shape index (κ2) is 10.2. The zero-order valence-electron chi connectivity index (χ0n) is 18.6. The van der Waals surface area contributed by atoms with Crippen molar-refractivity contribution in [3.05, 3.63) is 47.5 Å². The van der Waals surface area contributed by atoms with E-state index >= 15 is 0 Å². The Morgan fingerprint density at radius 2 is 1.66 bits per heavy atom. The standard InChI is InChI=1S/C22H28N2O7S/c1-15(18-13-16(28-2)5-7-20(18)29-3)23-32(26,27)17-6-8-21(30-4)19(14-17)22(25)24-9-11-31-12-10-24/h5-8,13-15,23H,9-12H2,1-4H3/t15-/m0/s1. The van der Waals surface area contributed by atoms with Gasteiger partial charge in [-0.05, 0) is 43.3 Å². The normalized spacial score (nSPS) is 15.2. The minimum Gasteiger partial charge on any atom is -0.497 e. The monoisotopic (exact) mass is 464 g/mol. The Labute approximate surface area is 188 Å². The van der Waals surface area contributed by atoms with Gasteiger partial charge >= 0.3 is 0 Å². The van der Waals surface area contributed by atoms with Gasteiger partial charge in [-0.2, -0.15) is 0 Å². The fourth-order valence-corrected chi connectivity index (χ4v) is 4.75. The highest BCUT2D eigenvalue weighted by Gasteiger charge is 2.26. The molecule has 1 fully saturated rings. The van der Waals surface area contributed by atoms with Gasteiger partial charge in [-0.1, -0.05) is 0 Å². The van der Waals surface area contributed by atoms with Crippen molar-refractivity contribution in [3.8, 4) is 17.2 Å². The van der Waals surface area contributed by atoms with E-state index in [9.17, 15) is 13.2 Å². The van der Waals surface area contributed by atoms with Crippen LogP contribution in [0.25, 0.3) is 0 Å². The van der Waals surface area contributed by atoms with Gasteiger partial charge in [0.2, 0.25) is 10.0 Å². The lowest BCUT2D eigenvalue weighted by Crippen LogP contribution is -2.40. The summed E-state index contributed by atoms with van der Waals surface area (Å²) in [4.78, 5) is 14.6. The molecule has 9 nitrogen and oxygen atoms in total. The average Bonchev–Trinajstić information content (AvgIpc) is 2.82. The number of nitrogens with one attached hydrogen (secondary N) is 1. The largest absolute Gasteiger partial charge is 0.497 e. The summed E-state index contributed by atoms with van der Waals surface area (Å²) in [6.07, 6.45) is 0. The zero-order valence-corrected chi connectivity index (χ0v) is 19.4. The molecule has 0 unspecified atom stereocenters. The van der Waals surface area contributed by atoms with E-state index in [0.717, 1.165) is 0 Å². The van der Waals surface area contributed by atoms with Crippen LogP contribution in [0.4, 0.5) is 0 Å². The third kappa shape index (κ3) is 5.14. The molecule has 1 amide bonds. The molecule has 32 heavy (non-hydrogen) atoms. The van der Waals surface area contributed by atoms with Crippen LogP contribution in [0.2, 0.25) is 0 Å². The first-order valence-corrected chi connectivity index (χ1v) is 11.6. The molecule has 1 heterocycles. The van der Waals surface area contributed by atoms with Gasteiger partial charge in [0, 0.05) is 24.7 Å². The highest BCUT2D eigenvalue weighted by molar-refractivity contribution is 7.89. The van der Waals surface area contributed by atoms with Crippen molar-refractivity contribution in [1.82, 2.24) is 9.62 Å². The Morgan fingerprint density at radius 3 is 2.28 bits per heavy atom. The molecule has 1 N–H and O–H groups in total. The second-order valence-corrected chi connectivity index (χ2v) is 8.93. The lowest BCUT2D eigenvalue weighted by molar-refractivity contribution is 0.0300. The minimum absolute atomic E-state index is 0.0383. The molecule has 0 spiro atoms. The Morgan fingerprint density at radius 1 is 1.00 bits per heavy atom. The molecular weight excluding hydrogens is 436 g/mol. The van der Waals surface area contributed by atoms with Crippen LogP contribution < -0.4 is 18.9 Å². The van der Waals surface area contributed by atoms with Crippen LogP contribution in [0.5, 0.6) is 17.2 Å². The van der Waals surface area contributed by atoms with Crippen molar-refractivity contribution in [2.24, 2.45) is 0 Å². The number of hydrogen-bond acceptors (Lipinski definition) is 7. The van der Waals surface area contributed by atoms with Gasteiger partial charge in [-0.15, -0.1) is 0 Å². The summed E-state index contributed by atoms with van der Waals surface area (Å²) in [5.41, 5.74) is 0.803. The number of sulfonamides is 1. The molecule has 0 aromatic heterocycles. The molecule has 174 valence electrons. The molecule has 1 saturated heterocycles. The summed E-state index contributed by atoms with van der Waals surface area (Å²) >= 11 is 0. The van der Waals surface area contributed by atoms with Crippen LogP contribution >= 0.6 is 0 Å². The van der Waals surface area contributed by atoms with Crippen molar-refractivity contribution in [3.63, 3.8) is 0 Å². The molecule has 0 radical (unpaired) electrons. The Bertz CT molecular complexity index is 1070. The Kier molecular flexibility index (Phi) is 7.60. The number of morpholine rings is 1. The van der Waals surface area contributed by atoms with Crippen LogP contribution in [0.3, 0.4) is 0 Å². The van der Waals surface area contributed by atoms with Crippen molar-refractivity contribution in [2.75, 3.05) is 47.6 Å². The van der Waals surface area contributed by atoms with Crippen molar-refractivity contribution in [1.29, 1.82) is 0 Å². The van der Waals surface area contributed by atoms with E-state index in [1.165, 1.54) is 39.5 Å². The van der Waals surface area contributed by atoms with Gasteiger partial charge in [-0.25, -0.2) is 13.1 Å². The summed E-state index contributed by atoms with van der Waals surface area (Å²) in [6, 6.07) is 8.78. The minimum atomic E-state index is -3.96. The number of carbonyl (C=O) groups is 1. The molecular formula is C22H28N2O7S. The maximum Gasteiger partial charge on any atom is 0.257 e. The summed E-state index contributed by atoms with van der Waals surface area (Å²) in [7, 11) is 0.524. The van der Waals surface area contributed by atoms with Gasteiger partial charge in [0.1, 0.15) is 17.2 Å². The first-order chi connectivity index (χ1) is 15.3. The fourth-order valence-electron chi connectivity index (χ4n) is 3.50. The molecule has 1 atom stereocenters. The number of nitrogens with zero attached hydrogens (tertiary/aromatic N) is 1. The highest BCUT2D eigenvalue weighted by Crippen LogP contribution is 2.31. The predicted molar refractivity (Wildman–Crippen MR) is 118 cm³/mol. The third-order valence-corrected chi connectivity index (χ3v) is 6.78. The first kappa shape index (κ1) is 23.8. The number of rotatable bonds is 8. The molecule has 0 saturated carbocycles. The van der Waals surface area contributed by atoms with Gasteiger partial charge in [0.05, 0.1) is 45.0 Å². The van der Waals surface area contributed by atoms with Crippen LogP contribution in [-0.2, 0) is 14.8 Å². The van der Waals surface area contributed by atoms with Crippen molar-refractivity contribution >= 4 is 15.9 Å². The molecule has 2 aromatic rings. The average molecular weight is 465 g/mol. The Balaban J connectivity index is 1.90. The quantitative estimate of drug-likeness (QED) is 0.639. The lowest BCUT2D eigenvalue weighted by atomic mass is 10.1. The number of ether oxygens (including phenoxy) is 4. The summed E-state index contributed by atoms with van der Waals surface area (Å²) < 4.78 is 50.2. The highest BCUT2D eigenvalue weighted by atomic mass is 32.2. The number of carbonyl (C=O) groups excluding carboxylic acids is 1. The van der Waals surface area contributed by atoms with Crippen LogP contribution in [0.1, 0.15) is 28.9 Å². The molecule has 2 aromatic carbocycles. The summed E-state index contributed by atoms with van der Waals surface area (Å²) in [5, 5.41) is 0. The number of benzene rings is 2. The molecule has 1 aliphatic rings. The van der Waals surface area contributed by atoms with Gasteiger partial charge in [0.15, 0.2) is 0 Å². The van der Waals surface area contributed by atoms with Crippen LogP contribution in [0.15, 0.2) is 41.3 Å². The van der Waals surface area contributed by atoms with E-state index in [2.05, 4.69) is 4.72 Å². The second-order valence-electron chi connectivity index (χ2n) is 7.22. The third-order valence-electron chi connectivity index (χ3n) is 5.25. The maximum atomic E-state index is 13.2. The molecule has 1 aliphatic heterocycles. The van der Waals surface area contributed by atoms with Gasteiger partial charge in [0.25, 0.3) is 5.91 Å². The zero-order chi connectivity index (χ0) is 23.3. The Hall–Kier alpha value is -2.82. The maximum absolute atomic E-state index is 13.2. The fraction of sp³-hybridized carbons (Fsp3) is 0.409. The van der Waals surface area contributed by atoms with Crippen molar-refractivity contribution < 1.29 is 32.2 Å². The van der Waals surface area contributed by atoms with Gasteiger partial charge in [-0.3, -0.25) is 4.79 Å². The van der Waals surface area contributed by atoms with Crippen LogP contribution in [-0.4, -0.2) is 66.9 Å². The molecule has 3 rings (SSSR count). The number of methoxy groups -OCH3 is 3. The predicted octanol–water partition coefficient (Wildman–Crippen LogP) is 2.22. The van der Waals surface area contributed by atoms with Crippen LogP contribution in [0, 0.1) is 0 Å². The van der Waals surface area contributed by atoms with E-state index in [1.54, 1.807) is 30.0 Å². The first-order valence-electron chi connectivity index (χ1n) is 10.1. The summed E-state index contributed by atoms with van der Waals surface area (Å²) in [6.45, 7) is 3.45.